The van der Waals surface area contributed by atoms with Crippen LogP contribution in [-0.2, 0) is 0 Å². The number of benzene rings is 2. The van der Waals surface area contributed by atoms with E-state index < -0.39 is 0 Å². The van der Waals surface area contributed by atoms with E-state index >= 15 is 0 Å². The third-order valence-electron chi connectivity index (χ3n) is 4.42. The maximum atomic E-state index is 6.04. The highest BCUT2D eigenvalue weighted by Gasteiger charge is 2.18. The van der Waals surface area contributed by atoms with Crippen LogP contribution < -0.4 is 10.2 Å². The number of para-hydroxylation sites is 1. The van der Waals surface area contributed by atoms with Crippen molar-refractivity contribution in [1.82, 2.24) is 9.97 Å². The van der Waals surface area contributed by atoms with Crippen molar-refractivity contribution in [3.05, 3.63) is 53.1 Å². The fraction of sp³-hybridized carbons (Fsp3) is 0.263. The van der Waals surface area contributed by atoms with Gasteiger partial charge in [0.2, 0.25) is 5.95 Å². The van der Waals surface area contributed by atoms with Crippen molar-refractivity contribution in [3.8, 4) is 0 Å². The lowest BCUT2D eigenvalue weighted by Crippen LogP contribution is -2.20. The van der Waals surface area contributed by atoms with E-state index in [0.717, 1.165) is 46.1 Å². The summed E-state index contributed by atoms with van der Waals surface area (Å²) in [7, 11) is 0. The third kappa shape index (κ3) is 2.89. The molecule has 2 aromatic carbocycles. The highest BCUT2D eigenvalue weighted by atomic mass is 35.5. The molecule has 0 spiro atoms. The summed E-state index contributed by atoms with van der Waals surface area (Å²) in [5.74, 6) is 1.65. The number of aryl methyl sites for hydroxylation is 1. The average molecular weight is 339 g/mol. The Morgan fingerprint density at radius 1 is 1.04 bits per heavy atom. The lowest BCUT2D eigenvalue weighted by Gasteiger charge is -2.19. The van der Waals surface area contributed by atoms with E-state index in [2.05, 4.69) is 21.3 Å². The highest BCUT2D eigenvalue weighted by Crippen LogP contribution is 2.29. The Morgan fingerprint density at radius 2 is 1.83 bits per heavy atom. The molecule has 0 amide bonds. The number of hydrogen-bond acceptors (Lipinski definition) is 4. The van der Waals surface area contributed by atoms with Gasteiger partial charge in [-0.3, -0.25) is 0 Å². The summed E-state index contributed by atoms with van der Waals surface area (Å²) in [5.41, 5.74) is 3.01. The molecule has 1 N–H and O–H groups in total. The van der Waals surface area contributed by atoms with Crippen molar-refractivity contribution < 1.29 is 0 Å². The van der Waals surface area contributed by atoms with Gasteiger partial charge in [0.05, 0.1) is 5.52 Å². The van der Waals surface area contributed by atoms with E-state index in [1.165, 1.54) is 12.8 Å². The first-order chi connectivity index (χ1) is 11.7. The van der Waals surface area contributed by atoms with Gasteiger partial charge in [0, 0.05) is 29.2 Å². The van der Waals surface area contributed by atoms with Crippen molar-refractivity contribution in [1.29, 1.82) is 0 Å². The SMILES string of the molecule is Cc1cc(Cl)ccc1Nc1nc(N2CCCC2)c2ccccc2n1. The monoisotopic (exact) mass is 338 g/mol. The molecule has 1 aliphatic heterocycles. The standard InChI is InChI=1S/C19H19ClN4/c1-13-12-14(20)8-9-16(13)21-19-22-17-7-3-2-6-15(17)18(23-19)24-10-4-5-11-24/h2-3,6-9,12H,4-5,10-11H2,1H3,(H,21,22,23). The van der Waals surface area contributed by atoms with Crippen molar-refractivity contribution in [2.45, 2.75) is 19.8 Å². The quantitative estimate of drug-likeness (QED) is 0.734. The Morgan fingerprint density at radius 3 is 2.62 bits per heavy atom. The number of halogens is 1. The second kappa shape index (κ2) is 6.29. The van der Waals surface area contributed by atoms with E-state index in [-0.39, 0.29) is 0 Å². The molecule has 1 aliphatic rings. The summed E-state index contributed by atoms with van der Waals surface area (Å²) in [6.07, 6.45) is 2.44. The Labute approximate surface area is 146 Å². The predicted octanol–water partition coefficient (Wildman–Crippen LogP) is 4.94. The summed E-state index contributed by atoms with van der Waals surface area (Å²) in [6.45, 7) is 4.14. The van der Waals surface area contributed by atoms with Crippen LogP contribution in [-0.4, -0.2) is 23.1 Å². The van der Waals surface area contributed by atoms with Crippen molar-refractivity contribution >= 4 is 40.0 Å². The largest absolute Gasteiger partial charge is 0.356 e. The molecule has 4 nitrogen and oxygen atoms in total. The molecule has 1 fully saturated rings. The van der Waals surface area contributed by atoms with E-state index in [4.69, 9.17) is 16.6 Å². The van der Waals surface area contributed by atoms with E-state index in [9.17, 15) is 0 Å². The van der Waals surface area contributed by atoms with Crippen LogP contribution in [0.4, 0.5) is 17.5 Å². The molecule has 3 aromatic rings. The number of nitrogens with zero attached hydrogens (tertiary/aromatic N) is 3. The van der Waals surface area contributed by atoms with Crippen LogP contribution in [0.1, 0.15) is 18.4 Å². The molecule has 1 aromatic heterocycles. The zero-order chi connectivity index (χ0) is 16.5. The first-order valence-electron chi connectivity index (χ1n) is 8.25. The Balaban J connectivity index is 1.78. The molecule has 0 unspecified atom stereocenters. The highest BCUT2D eigenvalue weighted by molar-refractivity contribution is 6.30. The van der Waals surface area contributed by atoms with Crippen LogP contribution in [0.5, 0.6) is 0 Å². The van der Waals surface area contributed by atoms with Gasteiger partial charge >= 0.3 is 0 Å². The fourth-order valence-corrected chi connectivity index (χ4v) is 3.40. The van der Waals surface area contributed by atoms with Crippen LogP contribution in [0.15, 0.2) is 42.5 Å². The summed E-state index contributed by atoms with van der Waals surface area (Å²) in [5, 5.41) is 5.19. The van der Waals surface area contributed by atoms with Crippen LogP contribution in [0.25, 0.3) is 10.9 Å². The normalized spacial score (nSPS) is 14.3. The number of anilines is 3. The third-order valence-corrected chi connectivity index (χ3v) is 4.66. The maximum Gasteiger partial charge on any atom is 0.229 e. The molecule has 1 saturated heterocycles. The minimum absolute atomic E-state index is 0.626. The number of rotatable bonds is 3. The lowest BCUT2D eigenvalue weighted by molar-refractivity contribution is 0.941. The van der Waals surface area contributed by atoms with Crippen LogP contribution in [0.2, 0.25) is 5.02 Å². The molecule has 2 heterocycles. The molecule has 24 heavy (non-hydrogen) atoms. The topological polar surface area (TPSA) is 41.1 Å². The van der Waals surface area contributed by atoms with Gasteiger partial charge in [-0.15, -0.1) is 0 Å². The molecule has 0 bridgehead atoms. The molecular weight excluding hydrogens is 320 g/mol. The van der Waals surface area contributed by atoms with Gasteiger partial charge in [-0.25, -0.2) is 4.98 Å². The molecular formula is C19H19ClN4. The summed E-state index contributed by atoms with van der Waals surface area (Å²) in [4.78, 5) is 11.8. The first-order valence-corrected chi connectivity index (χ1v) is 8.63. The van der Waals surface area contributed by atoms with Gasteiger partial charge in [-0.2, -0.15) is 4.98 Å². The minimum atomic E-state index is 0.626. The first kappa shape index (κ1) is 15.2. The molecule has 4 rings (SSSR count). The Kier molecular flexibility index (Phi) is 3.98. The summed E-state index contributed by atoms with van der Waals surface area (Å²) in [6, 6.07) is 14.0. The van der Waals surface area contributed by atoms with Crippen molar-refractivity contribution in [3.63, 3.8) is 0 Å². The zero-order valence-corrected chi connectivity index (χ0v) is 14.3. The average Bonchev–Trinajstić information content (AvgIpc) is 3.11. The van der Waals surface area contributed by atoms with E-state index in [0.29, 0.717) is 5.95 Å². The minimum Gasteiger partial charge on any atom is -0.356 e. The summed E-state index contributed by atoms with van der Waals surface area (Å²) >= 11 is 6.04. The molecule has 0 saturated carbocycles. The lowest BCUT2D eigenvalue weighted by atomic mass is 10.2. The van der Waals surface area contributed by atoms with Crippen molar-refractivity contribution in [2.75, 3.05) is 23.3 Å². The fourth-order valence-electron chi connectivity index (χ4n) is 3.17. The van der Waals surface area contributed by atoms with Gasteiger partial charge < -0.3 is 10.2 Å². The zero-order valence-electron chi connectivity index (χ0n) is 13.6. The number of hydrogen-bond donors (Lipinski definition) is 1. The summed E-state index contributed by atoms with van der Waals surface area (Å²) < 4.78 is 0. The molecule has 122 valence electrons. The molecule has 5 heteroatoms. The van der Waals surface area contributed by atoms with Gasteiger partial charge in [-0.1, -0.05) is 23.7 Å². The van der Waals surface area contributed by atoms with Crippen LogP contribution in [0.3, 0.4) is 0 Å². The van der Waals surface area contributed by atoms with Gasteiger partial charge in [0.25, 0.3) is 0 Å². The predicted molar refractivity (Wildman–Crippen MR) is 100 cm³/mol. The Hall–Kier alpha value is -2.33. The van der Waals surface area contributed by atoms with Crippen LogP contribution >= 0.6 is 11.6 Å². The smallest absolute Gasteiger partial charge is 0.229 e. The van der Waals surface area contributed by atoms with E-state index in [1.54, 1.807) is 0 Å². The molecule has 0 radical (unpaired) electrons. The molecule has 0 atom stereocenters. The number of nitrogens with one attached hydrogen (secondary N) is 1. The second-order valence-electron chi connectivity index (χ2n) is 6.17. The Bertz CT molecular complexity index is 888. The second-order valence-corrected chi connectivity index (χ2v) is 6.60. The van der Waals surface area contributed by atoms with E-state index in [1.807, 2.05) is 43.3 Å². The van der Waals surface area contributed by atoms with Gasteiger partial charge in [0.1, 0.15) is 5.82 Å². The number of aromatic nitrogens is 2. The van der Waals surface area contributed by atoms with Gasteiger partial charge in [0.15, 0.2) is 0 Å². The molecule has 0 aliphatic carbocycles. The number of fused-ring (bicyclic) bond motifs is 1. The van der Waals surface area contributed by atoms with Crippen LogP contribution in [0, 0.1) is 6.92 Å². The maximum absolute atomic E-state index is 6.04. The van der Waals surface area contributed by atoms with Gasteiger partial charge in [-0.05, 0) is 55.7 Å². The van der Waals surface area contributed by atoms with Crippen molar-refractivity contribution in [2.24, 2.45) is 0 Å².